The van der Waals surface area contributed by atoms with Crippen molar-refractivity contribution in [2.75, 3.05) is 0 Å². The molecule has 1 saturated carbocycles. The lowest BCUT2D eigenvalue weighted by atomic mass is 9.89. The Balaban J connectivity index is 2.51. The van der Waals surface area contributed by atoms with E-state index >= 15 is 0 Å². The molecule has 0 amide bonds. The van der Waals surface area contributed by atoms with Crippen LogP contribution in [0.3, 0.4) is 0 Å². The first-order chi connectivity index (χ1) is 6.99. The van der Waals surface area contributed by atoms with Gasteiger partial charge in [-0.25, -0.2) is 8.78 Å². The Morgan fingerprint density at radius 3 is 2.47 bits per heavy atom. The normalized spacial score (nSPS) is 20.0. The van der Waals surface area contributed by atoms with Crippen molar-refractivity contribution < 1.29 is 13.9 Å². The van der Waals surface area contributed by atoms with Crippen molar-refractivity contribution in [3.63, 3.8) is 0 Å². The van der Waals surface area contributed by atoms with Gasteiger partial charge in [-0.15, -0.1) is 0 Å². The summed E-state index contributed by atoms with van der Waals surface area (Å²) in [4.78, 5) is 0. The van der Waals surface area contributed by atoms with Gasteiger partial charge in [-0.3, -0.25) is 0 Å². The zero-order valence-electron chi connectivity index (χ0n) is 8.43. The van der Waals surface area contributed by atoms with Crippen LogP contribution in [0.15, 0.2) is 12.1 Å². The second-order valence-corrected chi connectivity index (χ2v) is 4.20. The molecule has 0 aromatic heterocycles. The lowest BCUT2D eigenvalue weighted by Gasteiger charge is -2.21. The van der Waals surface area contributed by atoms with Gasteiger partial charge in [0, 0.05) is 11.5 Å². The first-order valence-corrected chi connectivity index (χ1v) is 4.92. The maximum absolute atomic E-state index is 13.6. The van der Waals surface area contributed by atoms with Crippen LogP contribution in [0.2, 0.25) is 0 Å². The minimum atomic E-state index is -0.934. The predicted octanol–water partition coefficient (Wildman–Crippen LogP) is 2.05. The van der Waals surface area contributed by atoms with Crippen molar-refractivity contribution in [2.45, 2.75) is 31.2 Å². The summed E-state index contributed by atoms with van der Waals surface area (Å²) in [6.07, 6.45) is 1.57. The fraction of sp³-hybridized carbons (Fsp3) is 0.455. The zero-order chi connectivity index (χ0) is 11.2. The van der Waals surface area contributed by atoms with Gasteiger partial charge in [0.15, 0.2) is 17.4 Å². The van der Waals surface area contributed by atoms with Crippen molar-refractivity contribution >= 4 is 0 Å². The van der Waals surface area contributed by atoms with Crippen LogP contribution in [0.1, 0.15) is 25.3 Å². The van der Waals surface area contributed by atoms with E-state index in [9.17, 15) is 8.78 Å². The molecule has 1 unspecified atom stereocenters. The minimum absolute atomic E-state index is 0.197. The molecule has 2 rings (SSSR count). The average Bonchev–Trinajstić information content (AvgIpc) is 2.95. The summed E-state index contributed by atoms with van der Waals surface area (Å²) in [6.45, 7) is 1.80. The van der Waals surface area contributed by atoms with E-state index in [2.05, 4.69) is 0 Å². The summed E-state index contributed by atoms with van der Waals surface area (Å²) in [7, 11) is 0. The number of phenolic OH excluding ortho intramolecular Hbond substituents is 1. The summed E-state index contributed by atoms with van der Waals surface area (Å²) in [5.41, 5.74) is 5.70. The monoisotopic (exact) mass is 213 g/mol. The number of nitrogens with two attached hydrogens (primary N) is 1. The second-order valence-electron chi connectivity index (χ2n) is 4.20. The Bertz CT molecular complexity index is 400. The maximum atomic E-state index is 13.6. The molecule has 4 heteroatoms. The summed E-state index contributed by atoms with van der Waals surface area (Å²) < 4.78 is 26.5. The van der Waals surface area contributed by atoms with Crippen LogP contribution >= 0.6 is 0 Å². The highest BCUT2D eigenvalue weighted by Gasteiger charge is 2.49. The van der Waals surface area contributed by atoms with Crippen molar-refractivity contribution in [3.05, 3.63) is 29.3 Å². The predicted molar refractivity (Wildman–Crippen MR) is 52.6 cm³/mol. The van der Waals surface area contributed by atoms with Gasteiger partial charge in [0.25, 0.3) is 0 Å². The molecule has 0 heterocycles. The van der Waals surface area contributed by atoms with Crippen molar-refractivity contribution in [1.82, 2.24) is 0 Å². The smallest absolute Gasteiger partial charge is 0.188 e. The molecule has 2 nitrogen and oxygen atoms in total. The molecule has 1 aliphatic rings. The number of hydrogen-bond donors (Lipinski definition) is 2. The molecule has 1 aromatic rings. The molecular weight excluding hydrogens is 200 g/mol. The number of halogens is 2. The van der Waals surface area contributed by atoms with E-state index in [0.29, 0.717) is 5.56 Å². The van der Waals surface area contributed by atoms with Crippen LogP contribution in [0, 0.1) is 11.6 Å². The van der Waals surface area contributed by atoms with Gasteiger partial charge in [0.2, 0.25) is 0 Å². The van der Waals surface area contributed by atoms with E-state index in [0.717, 1.165) is 18.9 Å². The third-order valence-corrected chi connectivity index (χ3v) is 3.26. The molecule has 82 valence electrons. The molecule has 0 saturated heterocycles. The first kappa shape index (κ1) is 10.4. The number of benzene rings is 1. The van der Waals surface area contributed by atoms with E-state index < -0.39 is 22.8 Å². The molecule has 1 aliphatic carbocycles. The number of phenols is 1. The van der Waals surface area contributed by atoms with E-state index in [1.807, 2.05) is 0 Å². The standard InChI is InChI=1S/C11H13F2NO/c1-6(14)11(4-5-11)7-2-3-8(12)10(15)9(7)13/h2-3,6,15H,4-5,14H2,1H3. The Morgan fingerprint density at radius 1 is 1.40 bits per heavy atom. The molecule has 15 heavy (non-hydrogen) atoms. The van der Waals surface area contributed by atoms with Crippen molar-refractivity contribution in [3.8, 4) is 5.75 Å². The molecule has 1 atom stereocenters. The average molecular weight is 213 g/mol. The highest BCUT2D eigenvalue weighted by Crippen LogP contribution is 2.52. The highest BCUT2D eigenvalue weighted by molar-refractivity contribution is 5.41. The van der Waals surface area contributed by atoms with Gasteiger partial charge in [-0.1, -0.05) is 6.07 Å². The molecule has 1 aromatic carbocycles. The Labute approximate surface area is 86.7 Å². The molecule has 0 bridgehead atoms. The quantitative estimate of drug-likeness (QED) is 0.789. The van der Waals surface area contributed by atoms with Crippen LogP contribution in [0.5, 0.6) is 5.75 Å². The van der Waals surface area contributed by atoms with E-state index in [-0.39, 0.29) is 6.04 Å². The van der Waals surface area contributed by atoms with Crippen molar-refractivity contribution in [2.24, 2.45) is 5.73 Å². The van der Waals surface area contributed by atoms with Gasteiger partial charge >= 0.3 is 0 Å². The van der Waals surface area contributed by atoms with Crippen LogP contribution < -0.4 is 5.73 Å². The molecule has 1 fully saturated rings. The van der Waals surface area contributed by atoms with Crippen molar-refractivity contribution in [1.29, 1.82) is 0 Å². The zero-order valence-corrected chi connectivity index (χ0v) is 8.43. The van der Waals surface area contributed by atoms with Gasteiger partial charge in [-0.2, -0.15) is 0 Å². The van der Waals surface area contributed by atoms with Crippen LogP contribution in [-0.2, 0) is 5.41 Å². The molecule has 0 radical (unpaired) electrons. The highest BCUT2D eigenvalue weighted by atomic mass is 19.1. The lowest BCUT2D eigenvalue weighted by molar-refractivity contribution is 0.386. The third kappa shape index (κ3) is 1.40. The van der Waals surface area contributed by atoms with Crippen LogP contribution in [0.4, 0.5) is 8.78 Å². The summed E-state index contributed by atoms with van der Waals surface area (Å²) in [5.74, 6) is -2.71. The Kier molecular flexibility index (Phi) is 2.19. The summed E-state index contributed by atoms with van der Waals surface area (Å²) in [6, 6.07) is 2.26. The fourth-order valence-electron chi connectivity index (χ4n) is 2.03. The van der Waals surface area contributed by atoms with E-state index in [1.165, 1.54) is 6.07 Å². The van der Waals surface area contributed by atoms with Crippen LogP contribution in [0.25, 0.3) is 0 Å². The maximum Gasteiger partial charge on any atom is 0.188 e. The molecule has 0 aliphatic heterocycles. The summed E-state index contributed by atoms with van der Waals surface area (Å²) >= 11 is 0. The van der Waals surface area contributed by atoms with Crippen LogP contribution in [-0.4, -0.2) is 11.1 Å². The van der Waals surface area contributed by atoms with Gasteiger partial charge in [-0.05, 0) is 31.4 Å². The second kappa shape index (κ2) is 3.17. The molecule has 3 N–H and O–H groups in total. The van der Waals surface area contributed by atoms with Gasteiger partial charge in [0.05, 0.1) is 0 Å². The van der Waals surface area contributed by atoms with E-state index in [4.69, 9.17) is 10.8 Å². The topological polar surface area (TPSA) is 46.2 Å². The molecule has 0 spiro atoms. The molecular formula is C11H13F2NO. The Hall–Kier alpha value is -1.16. The number of aromatic hydroxyl groups is 1. The van der Waals surface area contributed by atoms with Gasteiger partial charge in [0.1, 0.15) is 0 Å². The first-order valence-electron chi connectivity index (χ1n) is 4.92. The SMILES string of the molecule is CC(N)C1(c2ccc(F)c(O)c2F)CC1. The summed E-state index contributed by atoms with van der Waals surface area (Å²) in [5, 5.41) is 9.17. The largest absolute Gasteiger partial charge is 0.503 e. The van der Waals surface area contributed by atoms with Gasteiger partial charge < -0.3 is 10.8 Å². The van der Waals surface area contributed by atoms with E-state index in [1.54, 1.807) is 6.92 Å². The Morgan fingerprint density at radius 2 is 2.00 bits per heavy atom. The number of hydrogen-bond acceptors (Lipinski definition) is 2. The fourth-order valence-corrected chi connectivity index (χ4v) is 2.03. The third-order valence-electron chi connectivity index (χ3n) is 3.26. The minimum Gasteiger partial charge on any atom is -0.503 e. The number of rotatable bonds is 2. The lowest BCUT2D eigenvalue weighted by Crippen LogP contribution is -2.32.